The number of hydrogen-bond donors (Lipinski definition) is 0. The molecule has 0 amide bonds. The summed E-state index contributed by atoms with van der Waals surface area (Å²) in [5, 5.41) is 0. The highest BCUT2D eigenvalue weighted by atomic mass is 31.2. The van der Waals surface area contributed by atoms with E-state index in [2.05, 4.69) is 65.0 Å². The largest absolute Gasteiger partial charge is 0.125 e. The van der Waals surface area contributed by atoms with Gasteiger partial charge in [-0.3, -0.25) is 0 Å². The van der Waals surface area contributed by atoms with Crippen molar-refractivity contribution < 1.29 is 0 Å². The molecule has 1 aromatic rings. The molecule has 0 bridgehead atoms. The molecule has 147 valence electrons. The van der Waals surface area contributed by atoms with Crippen molar-refractivity contribution in [2.24, 2.45) is 0 Å². The first-order valence-electron chi connectivity index (χ1n) is 11.1. The zero-order valence-electron chi connectivity index (χ0n) is 18.0. The second-order valence-electron chi connectivity index (χ2n) is 7.53. The van der Waals surface area contributed by atoms with Crippen molar-refractivity contribution in [3.8, 4) is 0 Å². The summed E-state index contributed by atoms with van der Waals surface area (Å²) in [6, 6.07) is 10.6. The Kier molecular flexibility index (Phi) is 16.8. The van der Waals surface area contributed by atoms with E-state index in [1.165, 1.54) is 63.4 Å². The molecule has 1 aromatic carbocycles. The second-order valence-corrected chi connectivity index (χ2v) is 12.0. The fourth-order valence-corrected chi connectivity index (χ4v) is 8.81. The monoisotopic (exact) mass is 365 g/mol. The van der Waals surface area contributed by atoms with E-state index >= 15 is 0 Å². The van der Waals surface area contributed by atoms with Gasteiger partial charge in [0.2, 0.25) is 0 Å². The minimum Gasteiger partial charge on any atom is -0.125 e. The summed E-state index contributed by atoms with van der Waals surface area (Å²) in [5.74, 6) is 0. The molecule has 0 fully saturated rings. The summed E-state index contributed by atoms with van der Waals surface area (Å²) in [6.07, 6.45) is 18.9. The van der Waals surface area contributed by atoms with Crippen molar-refractivity contribution in [1.82, 2.24) is 0 Å². The van der Waals surface area contributed by atoms with E-state index in [-0.39, 0.29) is 0 Å². The molecule has 0 N–H and O–H groups in total. The standard InChI is InChI=1S/C15H34P.C9H12/c1-5-9-13-16(12-8-4,14-10-6-2)15-11-7-3;1-2-6-9-7-4-3-5-8-9/h5-15H2,1-4H3;3-5,7-8H,2,6H2,1H3. The highest BCUT2D eigenvalue weighted by Gasteiger charge is 2.24. The Bertz CT molecular complexity index is 349. The lowest BCUT2D eigenvalue weighted by Crippen LogP contribution is -2.12. The molecule has 0 unspecified atom stereocenters. The molecule has 1 radical (unpaired) electrons. The van der Waals surface area contributed by atoms with Crippen LogP contribution in [0, 0.1) is 0 Å². The molecule has 0 atom stereocenters. The van der Waals surface area contributed by atoms with Crippen LogP contribution in [-0.4, -0.2) is 24.6 Å². The Labute approximate surface area is 160 Å². The lowest BCUT2D eigenvalue weighted by atomic mass is 10.1. The second kappa shape index (κ2) is 17.1. The van der Waals surface area contributed by atoms with Gasteiger partial charge in [0.25, 0.3) is 0 Å². The van der Waals surface area contributed by atoms with Crippen LogP contribution in [0.3, 0.4) is 0 Å². The van der Waals surface area contributed by atoms with Gasteiger partial charge in [-0.25, -0.2) is 0 Å². The van der Waals surface area contributed by atoms with Gasteiger partial charge in [-0.05, 0) is 55.9 Å². The molecule has 25 heavy (non-hydrogen) atoms. The molecule has 0 aliphatic carbocycles. The fourth-order valence-electron chi connectivity index (χ4n) is 3.56. The average molecular weight is 366 g/mol. The first kappa shape index (κ1) is 24.7. The SMILES string of the molecule is CCCC[P](CCC)(CCCC)CCCC.CCCc1ccccc1. The molecular weight excluding hydrogens is 319 g/mol. The van der Waals surface area contributed by atoms with Gasteiger partial charge < -0.3 is 0 Å². The zero-order chi connectivity index (χ0) is 18.8. The van der Waals surface area contributed by atoms with Gasteiger partial charge in [0.1, 0.15) is 0 Å². The van der Waals surface area contributed by atoms with Crippen molar-refractivity contribution in [2.45, 2.75) is 92.4 Å². The van der Waals surface area contributed by atoms with Crippen LogP contribution in [0.5, 0.6) is 0 Å². The predicted molar refractivity (Wildman–Crippen MR) is 122 cm³/mol. The highest BCUT2D eigenvalue weighted by Crippen LogP contribution is 2.61. The Morgan fingerprint density at radius 2 is 1.04 bits per heavy atom. The van der Waals surface area contributed by atoms with E-state index in [0.717, 1.165) is 0 Å². The maximum absolute atomic E-state index is 2.39. The van der Waals surface area contributed by atoms with Crippen molar-refractivity contribution in [3.63, 3.8) is 0 Å². The molecule has 0 heterocycles. The zero-order valence-corrected chi connectivity index (χ0v) is 18.9. The first-order valence-corrected chi connectivity index (χ1v) is 13.6. The van der Waals surface area contributed by atoms with Crippen LogP contribution in [-0.2, 0) is 6.42 Å². The molecular formula is C24H46P. The molecule has 0 saturated carbocycles. The third-order valence-corrected chi connectivity index (χ3v) is 10.2. The number of aryl methyl sites for hydroxylation is 1. The maximum Gasteiger partial charge on any atom is -0.0281 e. The lowest BCUT2D eigenvalue weighted by Gasteiger charge is -2.37. The minimum atomic E-state index is -0.546. The van der Waals surface area contributed by atoms with Gasteiger partial charge in [-0.1, -0.05) is 97.1 Å². The topological polar surface area (TPSA) is 0 Å². The van der Waals surface area contributed by atoms with Gasteiger partial charge in [0.15, 0.2) is 0 Å². The van der Waals surface area contributed by atoms with Gasteiger partial charge in [-0.15, -0.1) is 7.26 Å². The summed E-state index contributed by atoms with van der Waals surface area (Å²) >= 11 is 0. The van der Waals surface area contributed by atoms with E-state index in [9.17, 15) is 0 Å². The molecule has 0 aliphatic heterocycles. The summed E-state index contributed by atoms with van der Waals surface area (Å²) in [4.78, 5) is 0. The van der Waals surface area contributed by atoms with Gasteiger partial charge in [-0.2, -0.15) is 0 Å². The predicted octanol–water partition coefficient (Wildman–Crippen LogP) is 8.45. The Balaban J connectivity index is 0.000000535. The fraction of sp³-hybridized carbons (Fsp3) is 0.750. The number of unbranched alkanes of at least 4 members (excludes halogenated alkanes) is 3. The lowest BCUT2D eigenvalue weighted by molar-refractivity contribution is 0.828. The number of rotatable bonds is 13. The van der Waals surface area contributed by atoms with E-state index in [1.807, 2.05) is 0 Å². The van der Waals surface area contributed by atoms with E-state index in [4.69, 9.17) is 0 Å². The highest BCUT2D eigenvalue weighted by molar-refractivity contribution is 7.75. The Hall–Kier alpha value is -0.350. The maximum atomic E-state index is 2.39. The third-order valence-electron chi connectivity index (χ3n) is 5.04. The van der Waals surface area contributed by atoms with Crippen LogP contribution >= 0.6 is 7.26 Å². The van der Waals surface area contributed by atoms with Crippen LogP contribution in [0.1, 0.15) is 91.5 Å². The molecule has 0 spiro atoms. The smallest absolute Gasteiger partial charge is 0.0281 e. The van der Waals surface area contributed by atoms with E-state index < -0.39 is 7.26 Å². The van der Waals surface area contributed by atoms with E-state index in [1.54, 1.807) is 24.6 Å². The first-order chi connectivity index (χ1) is 12.2. The van der Waals surface area contributed by atoms with Gasteiger partial charge in [0.05, 0.1) is 0 Å². The van der Waals surface area contributed by atoms with Crippen molar-refractivity contribution in [2.75, 3.05) is 24.6 Å². The quantitative estimate of drug-likeness (QED) is 0.307. The summed E-state index contributed by atoms with van der Waals surface area (Å²) in [7, 11) is -0.546. The number of hydrogen-bond acceptors (Lipinski definition) is 0. The van der Waals surface area contributed by atoms with Crippen molar-refractivity contribution >= 4 is 7.26 Å². The molecule has 0 saturated heterocycles. The molecule has 0 aromatic heterocycles. The molecule has 0 aliphatic rings. The molecule has 1 heteroatoms. The summed E-state index contributed by atoms with van der Waals surface area (Å²) in [6.45, 7) is 11.6. The van der Waals surface area contributed by atoms with Crippen LogP contribution in [0.4, 0.5) is 0 Å². The normalized spacial score (nSPS) is 11.1. The van der Waals surface area contributed by atoms with Crippen LogP contribution in [0.15, 0.2) is 30.3 Å². The minimum absolute atomic E-state index is 0.546. The van der Waals surface area contributed by atoms with Gasteiger partial charge in [0, 0.05) is 0 Å². The third kappa shape index (κ3) is 12.6. The molecule has 1 rings (SSSR count). The number of benzene rings is 1. The van der Waals surface area contributed by atoms with Crippen molar-refractivity contribution in [1.29, 1.82) is 0 Å². The van der Waals surface area contributed by atoms with Crippen LogP contribution in [0.2, 0.25) is 0 Å². The average Bonchev–Trinajstić information content (AvgIpc) is 2.65. The Morgan fingerprint density at radius 1 is 0.560 bits per heavy atom. The van der Waals surface area contributed by atoms with Crippen LogP contribution in [0.25, 0.3) is 0 Å². The van der Waals surface area contributed by atoms with Crippen molar-refractivity contribution in [3.05, 3.63) is 35.9 Å². The molecule has 0 nitrogen and oxygen atoms in total. The summed E-state index contributed by atoms with van der Waals surface area (Å²) < 4.78 is 0. The summed E-state index contributed by atoms with van der Waals surface area (Å²) in [5.41, 5.74) is 1.44. The van der Waals surface area contributed by atoms with E-state index in [0.29, 0.717) is 0 Å². The van der Waals surface area contributed by atoms with Gasteiger partial charge >= 0.3 is 0 Å². The Morgan fingerprint density at radius 3 is 1.40 bits per heavy atom. The van der Waals surface area contributed by atoms with Crippen LogP contribution < -0.4 is 0 Å².